The Morgan fingerprint density at radius 3 is 0.838 bits per heavy atom. The van der Waals surface area contributed by atoms with Gasteiger partial charge in [-0.15, -0.1) is 0 Å². The van der Waals surface area contributed by atoms with Gasteiger partial charge in [0.2, 0.25) is 0 Å². The van der Waals surface area contributed by atoms with Gasteiger partial charge in [0.1, 0.15) is 54.4 Å². The molecule has 0 radical (unpaired) electrons. The summed E-state index contributed by atoms with van der Waals surface area (Å²) in [7, 11) is 0. The molecule has 0 aromatic heterocycles. The monoisotopic (exact) mass is 1040 g/mol. The average Bonchev–Trinajstić information content (AvgIpc) is 3.43. The largest absolute Gasteiger partial charge is 0.394 e. The molecule has 0 aliphatic carbocycles. The first-order chi connectivity index (χ1) is 36.4. The fraction of sp³-hybridized carbons (Fsp3) is 0.714. The van der Waals surface area contributed by atoms with Crippen molar-refractivity contribution in [2.75, 3.05) is 79.3 Å². The van der Waals surface area contributed by atoms with E-state index in [1.54, 1.807) is 0 Å². The molecule has 0 heterocycles. The summed E-state index contributed by atoms with van der Waals surface area (Å²) >= 11 is 0. The van der Waals surface area contributed by atoms with Crippen molar-refractivity contribution in [2.24, 2.45) is 0 Å². The molecule has 3 rings (SSSR count). The fourth-order valence-electron chi connectivity index (χ4n) is 8.87. The molecule has 0 fully saturated rings. The maximum atomic E-state index is 10.9. The van der Waals surface area contributed by atoms with Crippen LogP contribution in [-0.2, 0) is 53.0 Å². The third kappa shape index (κ3) is 23.4. The zero-order valence-electron chi connectivity index (χ0n) is 47.6. The summed E-state index contributed by atoms with van der Waals surface area (Å²) in [6.45, 7) is 21.9. The number of hydrogen-bond donors (Lipinski definition) is 1. The van der Waals surface area contributed by atoms with Gasteiger partial charge in [-0.3, -0.25) is 0 Å². The van der Waals surface area contributed by atoms with E-state index in [4.69, 9.17) is 47.4 Å². The summed E-state index contributed by atoms with van der Waals surface area (Å²) in [6.07, 6.45) is 10.3. The van der Waals surface area contributed by atoms with Crippen molar-refractivity contribution in [3.8, 4) is 0 Å². The Balaban J connectivity index is 2.19. The summed E-state index contributed by atoms with van der Waals surface area (Å²) in [5.74, 6) is 0. The minimum absolute atomic E-state index is 0.200. The molecule has 3 aromatic carbocycles. The molecule has 0 aliphatic heterocycles. The smallest absolute Gasteiger partial charge is 0.143 e. The molecule has 0 unspecified atom stereocenters. The van der Waals surface area contributed by atoms with Gasteiger partial charge in [-0.05, 0) is 68.1 Å². The van der Waals surface area contributed by atoms with Gasteiger partial charge in [-0.1, -0.05) is 198 Å². The van der Waals surface area contributed by atoms with Crippen LogP contribution in [0.5, 0.6) is 0 Å². The molecule has 0 bridgehead atoms. The minimum atomic E-state index is -0.973. The van der Waals surface area contributed by atoms with E-state index in [-0.39, 0.29) is 26.4 Å². The van der Waals surface area contributed by atoms with E-state index in [9.17, 15) is 5.11 Å². The van der Waals surface area contributed by atoms with Gasteiger partial charge in [0, 0.05) is 52.9 Å². The van der Waals surface area contributed by atoms with Crippen LogP contribution in [-0.4, -0.2) is 133 Å². The van der Waals surface area contributed by atoms with Gasteiger partial charge in [0.05, 0.1) is 26.4 Å². The molecule has 0 spiro atoms. The Morgan fingerprint density at radius 2 is 0.568 bits per heavy atom. The van der Waals surface area contributed by atoms with Gasteiger partial charge in [-0.2, -0.15) is 0 Å². The van der Waals surface area contributed by atoms with E-state index < -0.39 is 54.4 Å². The first kappa shape index (κ1) is 65.5. The van der Waals surface area contributed by atoms with E-state index in [1.165, 1.54) is 0 Å². The molecule has 0 amide bonds. The molecule has 422 valence electrons. The zero-order chi connectivity index (χ0) is 53.3. The highest BCUT2D eigenvalue weighted by atomic mass is 16.6. The predicted molar refractivity (Wildman–Crippen MR) is 300 cm³/mol. The third-order valence-electron chi connectivity index (χ3n) is 13.4. The number of hydrogen-bond acceptors (Lipinski definition) is 11. The summed E-state index contributed by atoms with van der Waals surface area (Å²) in [4.78, 5) is 0. The van der Waals surface area contributed by atoms with Crippen LogP contribution in [0.15, 0.2) is 91.0 Å². The number of unbranched alkanes of at least 4 members (excludes halogenated alkanes) is 8. The van der Waals surface area contributed by atoms with Crippen LogP contribution in [0.2, 0.25) is 0 Å². The minimum Gasteiger partial charge on any atom is -0.394 e. The molecule has 0 aliphatic rings. The molecule has 1 N–H and O–H groups in total. The Kier molecular flexibility index (Phi) is 37.4. The summed E-state index contributed by atoms with van der Waals surface area (Å²) in [5, 5.41) is 10.9. The van der Waals surface area contributed by atoms with Crippen molar-refractivity contribution in [3.05, 3.63) is 108 Å². The standard InChI is InChI=1S/C63H104O11/c1-9-17-40-66-55(48-64)59(70-44-21-13-5)60(71-45-22-14-6)56(67-41-18-10-2)49-65-50-57(68-42-19-11-3)61(72-46-23-15-7)62(73-47-24-16-8)58(69-43-20-12-4)51-74-63(52-34-28-25-29-35-52,53-36-30-26-31-37-53)54-38-32-27-33-39-54/h25-39,55-62,64H,9-24,40-51H2,1-8H3/t55-,56-,57+,58+,59-,60-,61+,62+/m1/s1. The van der Waals surface area contributed by atoms with Crippen molar-refractivity contribution in [1.29, 1.82) is 0 Å². The Hall–Kier alpha value is -2.78. The van der Waals surface area contributed by atoms with Crippen molar-refractivity contribution in [1.82, 2.24) is 0 Å². The summed E-state index contributed by atoms with van der Waals surface area (Å²) < 4.78 is 69.3. The molecule has 11 nitrogen and oxygen atoms in total. The average molecular weight is 1040 g/mol. The van der Waals surface area contributed by atoms with Crippen molar-refractivity contribution in [2.45, 2.75) is 213 Å². The van der Waals surface area contributed by atoms with Gasteiger partial charge in [0.25, 0.3) is 0 Å². The lowest BCUT2D eigenvalue weighted by atomic mass is 9.80. The number of aliphatic hydroxyl groups is 1. The third-order valence-corrected chi connectivity index (χ3v) is 13.4. The lowest BCUT2D eigenvalue weighted by Gasteiger charge is -2.41. The van der Waals surface area contributed by atoms with Crippen LogP contribution in [0.4, 0.5) is 0 Å². The van der Waals surface area contributed by atoms with Crippen LogP contribution < -0.4 is 0 Å². The maximum absolute atomic E-state index is 10.9. The highest BCUT2D eigenvalue weighted by Gasteiger charge is 2.44. The first-order valence-electron chi connectivity index (χ1n) is 29.4. The highest BCUT2D eigenvalue weighted by Crippen LogP contribution is 2.41. The molecule has 8 atom stereocenters. The van der Waals surface area contributed by atoms with Crippen molar-refractivity contribution >= 4 is 0 Å². The lowest BCUT2D eigenvalue weighted by Crippen LogP contribution is -2.54. The van der Waals surface area contributed by atoms with E-state index in [0.29, 0.717) is 52.9 Å². The number of rotatable bonds is 49. The maximum Gasteiger partial charge on any atom is 0.143 e. The van der Waals surface area contributed by atoms with E-state index in [2.05, 4.69) is 128 Å². The van der Waals surface area contributed by atoms with Crippen molar-refractivity contribution in [3.63, 3.8) is 0 Å². The number of benzene rings is 3. The van der Waals surface area contributed by atoms with Gasteiger partial charge >= 0.3 is 0 Å². The van der Waals surface area contributed by atoms with Crippen LogP contribution >= 0.6 is 0 Å². The van der Waals surface area contributed by atoms with Crippen LogP contribution in [0.3, 0.4) is 0 Å². The molecule has 0 saturated heterocycles. The van der Waals surface area contributed by atoms with Gasteiger partial charge < -0.3 is 52.5 Å². The Morgan fingerprint density at radius 1 is 0.324 bits per heavy atom. The quantitative estimate of drug-likeness (QED) is 0.0431. The second kappa shape index (κ2) is 42.3. The van der Waals surface area contributed by atoms with Crippen LogP contribution in [0.25, 0.3) is 0 Å². The Labute approximate surface area is 450 Å². The summed E-state index contributed by atoms with van der Waals surface area (Å²) in [5.41, 5.74) is 2.07. The van der Waals surface area contributed by atoms with E-state index in [0.717, 1.165) is 119 Å². The lowest BCUT2D eigenvalue weighted by molar-refractivity contribution is -0.211. The van der Waals surface area contributed by atoms with Crippen molar-refractivity contribution < 1.29 is 52.5 Å². The van der Waals surface area contributed by atoms with Gasteiger partial charge in [-0.25, -0.2) is 0 Å². The predicted octanol–water partition coefficient (Wildman–Crippen LogP) is 13.5. The SMILES string of the molecule is CCCCO[C@H]([C@@H](OCCCC)[C@H](COC(c1ccccc1)(c1ccccc1)c1ccccc1)OCCCC)[C@H](COC[C@@H](OCCCC)[C@@H](OCCCC)[C@H](OCCCC)[C@@H](CO)OCCCC)OCCCC. The van der Waals surface area contributed by atoms with Gasteiger partial charge in [0.15, 0.2) is 0 Å². The molecule has 74 heavy (non-hydrogen) atoms. The number of ether oxygens (including phenoxy) is 10. The fourth-order valence-corrected chi connectivity index (χ4v) is 8.87. The normalized spacial score (nSPS) is 15.4. The first-order valence-corrected chi connectivity index (χ1v) is 29.4. The molecule has 0 saturated carbocycles. The zero-order valence-corrected chi connectivity index (χ0v) is 47.6. The molecule has 3 aromatic rings. The molecule has 11 heteroatoms. The summed E-state index contributed by atoms with van der Waals surface area (Å²) in [6, 6.07) is 31.5. The van der Waals surface area contributed by atoms with E-state index >= 15 is 0 Å². The van der Waals surface area contributed by atoms with Crippen LogP contribution in [0, 0.1) is 0 Å². The van der Waals surface area contributed by atoms with E-state index in [1.807, 2.05) is 18.2 Å². The molecular weight excluding hydrogens is 933 g/mol. The topological polar surface area (TPSA) is 113 Å². The Bertz CT molecular complexity index is 1590. The van der Waals surface area contributed by atoms with Crippen LogP contribution in [0.1, 0.15) is 175 Å². The molecular formula is C63H104O11. The number of aliphatic hydroxyl groups excluding tert-OH is 1. The second-order valence-corrected chi connectivity index (χ2v) is 19.6. The second-order valence-electron chi connectivity index (χ2n) is 19.6. The highest BCUT2D eigenvalue weighted by molar-refractivity contribution is 5.47.